The van der Waals surface area contributed by atoms with Crippen LogP contribution >= 0.6 is 0 Å². The van der Waals surface area contributed by atoms with Crippen LogP contribution < -0.4 is 0 Å². The third-order valence-corrected chi connectivity index (χ3v) is 4.25. The van der Waals surface area contributed by atoms with Crippen molar-refractivity contribution in [2.24, 2.45) is 0 Å². The zero-order chi connectivity index (χ0) is 14.5. The number of Topliss-reactive ketones (excluding diaryl/α,β-unsaturated/α-hetero) is 1. The molecule has 0 saturated heterocycles. The number of hydrogen-bond acceptors (Lipinski definition) is 2. The largest absolute Gasteiger partial charge is 0.293 e. The molecule has 0 fully saturated rings. The smallest absolute Gasteiger partial charge is 0.175 e. The number of benzene rings is 2. The van der Waals surface area contributed by atoms with E-state index in [9.17, 15) is 13.4 Å². The Labute approximate surface area is 120 Å². The van der Waals surface area contributed by atoms with Gasteiger partial charge in [0, 0.05) is 22.1 Å². The van der Waals surface area contributed by atoms with E-state index in [0.717, 1.165) is 11.1 Å². The minimum atomic E-state index is -1.26. The predicted molar refractivity (Wildman–Crippen MR) is 78.6 cm³/mol. The summed E-state index contributed by atoms with van der Waals surface area (Å²) in [7, 11) is -1.26. The van der Waals surface area contributed by atoms with Crippen LogP contribution in [0.1, 0.15) is 21.5 Å². The van der Waals surface area contributed by atoms with Crippen LogP contribution in [-0.2, 0) is 16.6 Å². The highest BCUT2D eigenvalue weighted by Crippen LogP contribution is 2.11. The molecule has 0 heterocycles. The zero-order valence-corrected chi connectivity index (χ0v) is 12.0. The Morgan fingerprint density at radius 2 is 1.75 bits per heavy atom. The molecule has 2 aromatic rings. The fourth-order valence-corrected chi connectivity index (χ4v) is 3.09. The van der Waals surface area contributed by atoms with Gasteiger partial charge in [-0.15, -0.1) is 0 Å². The zero-order valence-electron chi connectivity index (χ0n) is 11.1. The summed E-state index contributed by atoms with van der Waals surface area (Å²) in [6, 6.07) is 13.0. The standard InChI is InChI=1S/C16H15FO2S/c1-12-4-2-3-5-14(12)10-20(19)11-16(18)13-6-8-15(17)9-7-13/h2-9H,10-11H2,1H3. The number of rotatable bonds is 5. The Kier molecular flexibility index (Phi) is 4.79. The van der Waals surface area contributed by atoms with Crippen LogP contribution in [0.15, 0.2) is 48.5 Å². The van der Waals surface area contributed by atoms with Gasteiger partial charge in [-0.05, 0) is 42.3 Å². The van der Waals surface area contributed by atoms with Crippen LogP contribution in [0.5, 0.6) is 0 Å². The van der Waals surface area contributed by atoms with Crippen LogP contribution in [0.4, 0.5) is 4.39 Å². The highest BCUT2D eigenvalue weighted by Gasteiger charge is 2.12. The molecule has 0 aliphatic heterocycles. The minimum Gasteiger partial charge on any atom is -0.293 e. The minimum absolute atomic E-state index is 0.0417. The van der Waals surface area contributed by atoms with E-state index in [1.165, 1.54) is 24.3 Å². The van der Waals surface area contributed by atoms with Gasteiger partial charge in [-0.3, -0.25) is 9.00 Å². The van der Waals surface area contributed by atoms with Gasteiger partial charge in [-0.1, -0.05) is 24.3 Å². The number of halogens is 1. The molecule has 0 aromatic heterocycles. The number of ketones is 1. The van der Waals surface area contributed by atoms with Crippen LogP contribution in [0.3, 0.4) is 0 Å². The molecular formula is C16H15FO2S. The monoisotopic (exact) mass is 290 g/mol. The highest BCUT2D eigenvalue weighted by molar-refractivity contribution is 7.85. The van der Waals surface area contributed by atoms with E-state index < -0.39 is 10.8 Å². The van der Waals surface area contributed by atoms with Gasteiger partial charge < -0.3 is 0 Å². The number of carbonyl (C=O) groups is 1. The molecule has 0 aliphatic carbocycles. The fraction of sp³-hybridized carbons (Fsp3) is 0.188. The summed E-state index contributed by atoms with van der Waals surface area (Å²) >= 11 is 0. The van der Waals surface area contributed by atoms with Crippen molar-refractivity contribution in [3.05, 3.63) is 71.0 Å². The first-order valence-electron chi connectivity index (χ1n) is 6.24. The molecule has 0 saturated carbocycles. The van der Waals surface area contributed by atoms with Gasteiger partial charge >= 0.3 is 0 Å². The summed E-state index contributed by atoms with van der Waals surface area (Å²) < 4.78 is 24.8. The predicted octanol–water partition coefficient (Wildman–Crippen LogP) is 3.27. The first-order chi connectivity index (χ1) is 9.56. The Balaban J connectivity index is 2.00. The van der Waals surface area contributed by atoms with Crippen molar-refractivity contribution in [2.75, 3.05) is 5.75 Å². The highest BCUT2D eigenvalue weighted by atomic mass is 32.2. The average molecular weight is 290 g/mol. The van der Waals surface area contributed by atoms with Crippen molar-refractivity contribution in [2.45, 2.75) is 12.7 Å². The van der Waals surface area contributed by atoms with Crippen molar-refractivity contribution >= 4 is 16.6 Å². The van der Waals surface area contributed by atoms with Gasteiger partial charge in [0.15, 0.2) is 5.78 Å². The molecule has 2 nitrogen and oxygen atoms in total. The quantitative estimate of drug-likeness (QED) is 0.792. The number of hydrogen-bond donors (Lipinski definition) is 0. The summed E-state index contributed by atoms with van der Waals surface area (Å²) in [5.74, 6) is -0.293. The van der Waals surface area contributed by atoms with Crippen LogP contribution in [0.25, 0.3) is 0 Å². The van der Waals surface area contributed by atoms with E-state index in [4.69, 9.17) is 0 Å². The SMILES string of the molecule is Cc1ccccc1CS(=O)CC(=O)c1ccc(F)cc1. The molecule has 2 rings (SSSR count). The molecule has 1 unspecified atom stereocenters. The van der Waals surface area contributed by atoms with Crippen molar-refractivity contribution < 1.29 is 13.4 Å². The van der Waals surface area contributed by atoms with Crippen molar-refractivity contribution in [1.29, 1.82) is 0 Å². The molecule has 20 heavy (non-hydrogen) atoms. The third kappa shape index (κ3) is 3.84. The number of carbonyl (C=O) groups excluding carboxylic acids is 1. The molecule has 0 spiro atoms. The lowest BCUT2D eigenvalue weighted by atomic mass is 10.1. The van der Waals surface area contributed by atoms with Crippen molar-refractivity contribution in [3.63, 3.8) is 0 Å². The summed E-state index contributed by atoms with van der Waals surface area (Å²) in [6.07, 6.45) is 0. The average Bonchev–Trinajstić information content (AvgIpc) is 2.42. The molecule has 0 radical (unpaired) electrons. The van der Waals surface area contributed by atoms with E-state index in [-0.39, 0.29) is 17.4 Å². The Morgan fingerprint density at radius 3 is 2.40 bits per heavy atom. The van der Waals surface area contributed by atoms with E-state index >= 15 is 0 Å². The molecule has 0 bridgehead atoms. The van der Waals surface area contributed by atoms with Gasteiger partial charge in [0.2, 0.25) is 0 Å². The van der Waals surface area contributed by atoms with Gasteiger partial charge in [0.1, 0.15) is 5.82 Å². The summed E-state index contributed by atoms with van der Waals surface area (Å²) in [4.78, 5) is 11.9. The topological polar surface area (TPSA) is 34.1 Å². The Morgan fingerprint density at radius 1 is 1.10 bits per heavy atom. The molecule has 0 aliphatic rings. The molecule has 2 aromatic carbocycles. The summed E-state index contributed by atoms with van der Waals surface area (Å²) in [5, 5.41) is 0. The third-order valence-electron chi connectivity index (χ3n) is 3.04. The maximum atomic E-state index is 12.8. The van der Waals surface area contributed by atoms with Gasteiger partial charge in [-0.2, -0.15) is 0 Å². The van der Waals surface area contributed by atoms with E-state index in [1.54, 1.807) is 0 Å². The second kappa shape index (κ2) is 6.57. The molecule has 1 atom stereocenters. The second-order valence-corrected chi connectivity index (χ2v) is 6.04. The van der Waals surface area contributed by atoms with E-state index in [0.29, 0.717) is 11.3 Å². The van der Waals surface area contributed by atoms with Crippen molar-refractivity contribution in [3.8, 4) is 0 Å². The van der Waals surface area contributed by atoms with Gasteiger partial charge in [0.25, 0.3) is 0 Å². The summed E-state index contributed by atoms with van der Waals surface area (Å²) in [5.41, 5.74) is 2.44. The van der Waals surface area contributed by atoms with E-state index in [1.807, 2.05) is 31.2 Å². The maximum absolute atomic E-state index is 12.8. The fourth-order valence-electron chi connectivity index (χ4n) is 1.86. The van der Waals surface area contributed by atoms with Crippen LogP contribution in [0.2, 0.25) is 0 Å². The molecule has 0 N–H and O–H groups in total. The molecule has 104 valence electrons. The van der Waals surface area contributed by atoms with Crippen LogP contribution in [0, 0.1) is 12.7 Å². The molecular weight excluding hydrogens is 275 g/mol. The Hall–Kier alpha value is -1.81. The van der Waals surface area contributed by atoms with Gasteiger partial charge in [-0.25, -0.2) is 4.39 Å². The van der Waals surface area contributed by atoms with Gasteiger partial charge in [0.05, 0.1) is 5.75 Å². The van der Waals surface area contributed by atoms with Crippen molar-refractivity contribution in [1.82, 2.24) is 0 Å². The normalized spacial score (nSPS) is 12.1. The van der Waals surface area contributed by atoms with Crippen LogP contribution in [-0.4, -0.2) is 15.7 Å². The lowest BCUT2D eigenvalue weighted by molar-refractivity contribution is 0.102. The Bertz CT molecular complexity index is 635. The lowest BCUT2D eigenvalue weighted by Crippen LogP contribution is -2.12. The first-order valence-corrected chi connectivity index (χ1v) is 7.73. The lowest BCUT2D eigenvalue weighted by Gasteiger charge is -2.05. The van der Waals surface area contributed by atoms with E-state index in [2.05, 4.69) is 0 Å². The maximum Gasteiger partial charge on any atom is 0.175 e. The first kappa shape index (κ1) is 14.6. The number of aryl methyl sites for hydroxylation is 1. The second-order valence-electron chi connectivity index (χ2n) is 4.59. The molecule has 0 amide bonds. The summed E-state index contributed by atoms with van der Waals surface area (Å²) in [6.45, 7) is 1.95. The molecule has 4 heteroatoms.